The zero-order chi connectivity index (χ0) is 34.7. The standard InChI is InChI=1S/C37H36ClN7O5/c1-2-22-17-39-33-31(22)32(38)28(18-40-33)23-5-3-6-25(15-23)44-13-4-12-42(37(44)50)14-11-21-19-43(20-21)24-7-8-26-27(16-24)36(49)45(35(26)48)29-9-10-30(46)41-34(29)47/h3,5-8,15-18,21,29H,2,4,9-14,19-20H2,1H3,(H,39,40)(H,41,46,47). The molecule has 0 spiro atoms. The number of aromatic amines is 1. The number of rotatable bonds is 8. The van der Waals surface area contributed by atoms with Gasteiger partial charge in [-0.3, -0.25) is 34.3 Å². The van der Waals surface area contributed by atoms with Crippen LogP contribution >= 0.6 is 11.6 Å². The molecule has 0 aliphatic carbocycles. The number of aryl methyl sites for hydroxylation is 1. The van der Waals surface area contributed by atoms with Crippen LogP contribution in [-0.4, -0.2) is 88.2 Å². The number of halogens is 1. The van der Waals surface area contributed by atoms with Crippen molar-refractivity contribution in [3.63, 3.8) is 0 Å². The van der Waals surface area contributed by atoms with Crippen LogP contribution < -0.4 is 15.1 Å². The minimum atomic E-state index is -0.987. The van der Waals surface area contributed by atoms with Crippen LogP contribution in [0.2, 0.25) is 5.02 Å². The summed E-state index contributed by atoms with van der Waals surface area (Å²) in [5.41, 5.74) is 5.83. The SMILES string of the molecule is CCc1c[nH]c2ncc(-c3cccc(N4CCCN(CCC5CN(c6ccc7c(c6)C(=O)N(C6CCC(=O)NC6=O)C7=O)C5)C4=O)c3)c(Cl)c12. The van der Waals surface area contributed by atoms with Crippen LogP contribution in [0, 0.1) is 5.92 Å². The number of piperidine rings is 1. The summed E-state index contributed by atoms with van der Waals surface area (Å²) in [6.07, 6.45) is 6.48. The van der Waals surface area contributed by atoms with Gasteiger partial charge in [-0.15, -0.1) is 0 Å². The molecule has 0 saturated carbocycles. The molecule has 3 fully saturated rings. The molecule has 8 rings (SSSR count). The van der Waals surface area contributed by atoms with Gasteiger partial charge in [0.05, 0.1) is 16.1 Å². The molecule has 50 heavy (non-hydrogen) atoms. The Labute approximate surface area is 293 Å². The highest BCUT2D eigenvalue weighted by atomic mass is 35.5. The number of hydrogen-bond donors (Lipinski definition) is 2. The van der Waals surface area contributed by atoms with E-state index in [0.29, 0.717) is 30.6 Å². The second-order valence-electron chi connectivity index (χ2n) is 13.4. The monoisotopic (exact) mass is 693 g/mol. The number of amides is 6. The molecule has 0 radical (unpaired) electrons. The van der Waals surface area contributed by atoms with E-state index in [-0.39, 0.29) is 30.0 Å². The number of hydrogen-bond acceptors (Lipinski definition) is 7. The number of carbonyl (C=O) groups excluding carboxylic acids is 5. The first-order valence-electron chi connectivity index (χ1n) is 17.1. The molecule has 2 aromatic heterocycles. The van der Waals surface area contributed by atoms with Crippen LogP contribution in [0.4, 0.5) is 16.2 Å². The summed E-state index contributed by atoms with van der Waals surface area (Å²) in [4.78, 5) is 78.7. The molecule has 2 N–H and O–H groups in total. The van der Waals surface area contributed by atoms with Crippen molar-refractivity contribution in [2.75, 3.05) is 42.5 Å². The summed E-state index contributed by atoms with van der Waals surface area (Å²) in [5.74, 6) is -1.67. The van der Waals surface area contributed by atoms with Crippen molar-refractivity contribution in [2.45, 2.75) is 45.1 Å². The van der Waals surface area contributed by atoms with Crippen LogP contribution in [0.25, 0.3) is 22.2 Å². The highest BCUT2D eigenvalue weighted by Gasteiger charge is 2.45. The van der Waals surface area contributed by atoms with Crippen molar-refractivity contribution >= 4 is 63.7 Å². The Kier molecular flexibility index (Phi) is 8.05. The van der Waals surface area contributed by atoms with E-state index < -0.39 is 29.7 Å². The first kappa shape index (κ1) is 32.0. The average Bonchev–Trinajstić information content (AvgIpc) is 3.63. The minimum absolute atomic E-state index is 0.00877. The van der Waals surface area contributed by atoms with E-state index in [4.69, 9.17) is 11.6 Å². The summed E-state index contributed by atoms with van der Waals surface area (Å²) in [6, 6.07) is 12.1. The summed E-state index contributed by atoms with van der Waals surface area (Å²) >= 11 is 6.91. The second kappa shape index (κ2) is 12.6. The third-order valence-electron chi connectivity index (χ3n) is 10.4. The van der Waals surface area contributed by atoms with Gasteiger partial charge in [-0.2, -0.15) is 0 Å². The molecular weight excluding hydrogens is 658 g/mol. The second-order valence-corrected chi connectivity index (χ2v) is 13.8. The average molecular weight is 694 g/mol. The van der Waals surface area contributed by atoms with Gasteiger partial charge in [0.1, 0.15) is 11.7 Å². The fourth-order valence-corrected chi connectivity index (χ4v) is 8.00. The van der Waals surface area contributed by atoms with E-state index in [1.807, 2.05) is 46.3 Å². The van der Waals surface area contributed by atoms with Gasteiger partial charge in [0.25, 0.3) is 11.8 Å². The van der Waals surface area contributed by atoms with E-state index >= 15 is 0 Å². The van der Waals surface area contributed by atoms with E-state index in [1.165, 1.54) is 0 Å². The zero-order valence-electron chi connectivity index (χ0n) is 27.6. The molecule has 4 aliphatic rings. The van der Waals surface area contributed by atoms with Crippen molar-refractivity contribution in [3.8, 4) is 11.1 Å². The molecule has 12 nitrogen and oxygen atoms in total. The van der Waals surface area contributed by atoms with E-state index in [1.54, 1.807) is 18.3 Å². The van der Waals surface area contributed by atoms with Crippen LogP contribution in [0.15, 0.2) is 54.9 Å². The van der Waals surface area contributed by atoms with Crippen LogP contribution in [0.1, 0.15) is 58.9 Å². The Hall–Kier alpha value is -5.23. The number of carbonyl (C=O) groups is 5. The van der Waals surface area contributed by atoms with Crippen molar-refractivity contribution < 1.29 is 24.0 Å². The van der Waals surface area contributed by atoms with Crippen molar-refractivity contribution in [2.24, 2.45) is 5.92 Å². The first-order valence-corrected chi connectivity index (χ1v) is 17.5. The molecule has 6 heterocycles. The number of benzene rings is 2. The van der Waals surface area contributed by atoms with Gasteiger partial charge in [-0.25, -0.2) is 9.78 Å². The van der Waals surface area contributed by atoms with Crippen molar-refractivity contribution in [1.82, 2.24) is 25.1 Å². The Morgan fingerprint density at radius 1 is 0.940 bits per heavy atom. The van der Waals surface area contributed by atoms with Gasteiger partial charge in [0.15, 0.2) is 0 Å². The topological polar surface area (TPSA) is 139 Å². The number of fused-ring (bicyclic) bond motifs is 2. The largest absolute Gasteiger partial charge is 0.371 e. The number of pyridine rings is 1. The Bertz CT molecular complexity index is 2090. The van der Waals surface area contributed by atoms with Gasteiger partial charge in [-0.05, 0) is 73.1 Å². The fraction of sp³-hybridized carbons (Fsp3) is 0.351. The van der Waals surface area contributed by atoms with Gasteiger partial charge in [-0.1, -0.05) is 30.7 Å². The lowest BCUT2D eigenvalue weighted by Gasteiger charge is -2.43. The minimum Gasteiger partial charge on any atom is -0.371 e. The van der Waals surface area contributed by atoms with Crippen LogP contribution in [0.3, 0.4) is 0 Å². The zero-order valence-corrected chi connectivity index (χ0v) is 28.3. The molecule has 2 aromatic carbocycles. The summed E-state index contributed by atoms with van der Waals surface area (Å²) in [7, 11) is 0. The molecular formula is C37H36ClN7O5. The lowest BCUT2D eigenvalue weighted by molar-refractivity contribution is -0.136. The number of anilines is 2. The molecule has 1 unspecified atom stereocenters. The highest BCUT2D eigenvalue weighted by Crippen LogP contribution is 2.37. The maximum absolute atomic E-state index is 13.7. The summed E-state index contributed by atoms with van der Waals surface area (Å²) in [6.45, 7) is 5.61. The smallest absolute Gasteiger partial charge is 0.324 e. The molecule has 13 heteroatoms. The van der Waals surface area contributed by atoms with E-state index in [2.05, 4.69) is 27.1 Å². The van der Waals surface area contributed by atoms with Crippen molar-refractivity contribution in [1.29, 1.82) is 0 Å². The first-order chi connectivity index (χ1) is 24.2. The quantitative estimate of drug-likeness (QED) is 0.248. The van der Waals surface area contributed by atoms with Gasteiger partial charge < -0.3 is 14.8 Å². The summed E-state index contributed by atoms with van der Waals surface area (Å²) in [5, 5.41) is 3.81. The normalized spacial score (nSPS) is 19.8. The molecule has 1 atom stereocenters. The van der Waals surface area contributed by atoms with Crippen LogP contribution in [0.5, 0.6) is 0 Å². The Morgan fingerprint density at radius 3 is 2.56 bits per heavy atom. The third-order valence-corrected chi connectivity index (χ3v) is 10.8. The molecule has 0 bridgehead atoms. The summed E-state index contributed by atoms with van der Waals surface area (Å²) < 4.78 is 0. The van der Waals surface area contributed by atoms with Gasteiger partial charge >= 0.3 is 6.03 Å². The number of nitrogens with zero attached hydrogens (tertiary/aromatic N) is 5. The predicted octanol–water partition coefficient (Wildman–Crippen LogP) is 5.01. The number of imide groups is 2. The number of H-pyrrole nitrogens is 1. The maximum atomic E-state index is 13.7. The van der Waals surface area contributed by atoms with Crippen LogP contribution in [-0.2, 0) is 16.0 Å². The van der Waals surface area contributed by atoms with E-state index in [0.717, 1.165) is 76.4 Å². The maximum Gasteiger partial charge on any atom is 0.324 e. The lowest BCUT2D eigenvalue weighted by atomic mass is 9.94. The number of aromatic nitrogens is 2. The van der Waals surface area contributed by atoms with Crippen molar-refractivity contribution in [3.05, 3.63) is 76.6 Å². The highest BCUT2D eigenvalue weighted by molar-refractivity contribution is 6.38. The Morgan fingerprint density at radius 2 is 1.76 bits per heavy atom. The van der Waals surface area contributed by atoms with Gasteiger partial charge in [0, 0.05) is 73.9 Å². The third kappa shape index (κ3) is 5.38. The molecule has 6 amide bonds. The number of nitrogens with one attached hydrogen (secondary N) is 2. The van der Waals surface area contributed by atoms with Gasteiger partial charge in [0.2, 0.25) is 11.8 Å². The predicted molar refractivity (Wildman–Crippen MR) is 188 cm³/mol. The molecule has 3 saturated heterocycles. The Balaban J connectivity index is 0.891. The number of urea groups is 1. The molecule has 4 aromatic rings. The lowest BCUT2D eigenvalue weighted by Crippen LogP contribution is -2.54. The fourth-order valence-electron chi connectivity index (χ4n) is 7.63. The van der Waals surface area contributed by atoms with E-state index in [9.17, 15) is 24.0 Å². The molecule has 256 valence electrons. The molecule has 4 aliphatic heterocycles.